The maximum absolute atomic E-state index is 11.8. The minimum atomic E-state index is -3.45. The molecule has 1 aromatic heterocycles. The second-order valence-electron chi connectivity index (χ2n) is 4.34. The monoisotopic (exact) mass is 309 g/mol. The Morgan fingerprint density at radius 3 is 2.75 bits per heavy atom. The highest BCUT2D eigenvalue weighted by molar-refractivity contribution is 9.09. The fourth-order valence-corrected chi connectivity index (χ4v) is 3.32. The number of rotatable bonds is 6. The largest absolute Gasteiger partial charge is 0.335 e. The summed E-state index contributed by atoms with van der Waals surface area (Å²) in [5.74, 6) is 0. The second kappa shape index (κ2) is 5.29. The average Bonchev–Trinajstić information content (AvgIpc) is 2.68. The molecule has 5 nitrogen and oxygen atoms in total. The summed E-state index contributed by atoms with van der Waals surface area (Å²) in [6.45, 7) is 4.44. The summed E-state index contributed by atoms with van der Waals surface area (Å²) < 4.78 is 26.1. The zero-order valence-electron chi connectivity index (χ0n) is 9.33. The van der Waals surface area contributed by atoms with E-state index in [0.29, 0.717) is 6.54 Å². The van der Waals surface area contributed by atoms with Gasteiger partial charge in [0.1, 0.15) is 0 Å². The standard InChI is InChI=1S/C9H16BrN3O2S/c1-9(2,3-4-10)6-13-16(14,15)8-5-11-7-12-8/h5,7,13H,3-4,6H2,1-2H3,(H,11,12). The molecule has 0 spiro atoms. The number of sulfonamides is 1. The van der Waals surface area contributed by atoms with Gasteiger partial charge in [-0.05, 0) is 11.8 Å². The van der Waals surface area contributed by atoms with E-state index in [9.17, 15) is 8.42 Å². The summed E-state index contributed by atoms with van der Waals surface area (Å²) in [7, 11) is -3.45. The molecule has 0 atom stereocenters. The van der Waals surface area contributed by atoms with Crippen LogP contribution in [-0.4, -0.2) is 30.3 Å². The van der Waals surface area contributed by atoms with Crippen molar-refractivity contribution in [3.05, 3.63) is 12.5 Å². The molecule has 0 aliphatic heterocycles. The average molecular weight is 310 g/mol. The van der Waals surface area contributed by atoms with Gasteiger partial charge in [0.05, 0.1) is 12.5 Å². The van der Waals surface area contributed by atoms with Gasteiger partial charge in [0.15, 0.2) is 5.03 Å². The number of aromatic nitrogens is 2. The highest BCUT2D eigenvalue weighted by Crippen LogP contribution is 2.20. The number of hydrogen-bond acceptors (Lipinski definition) is 3. The Labute approximate surface area is 104 Å². The molecule has 7 heteroatoms. The SMILES string of the molecule is CC(C)(CCBr)CNS(=O)(=O)c1cnc[nH]1. The van der Waals surface area contributed by atoms with Crippen molar-refractivity contribution in [3.63, 3.8) is 0 Å². The van der Waals surface area contributed by atoms with Crippen LogP contribution in [0, 0.1) is 5.41 Å². The lowest BCUT2D eigenvalue weighted by Crippen LogP contribution is -2.34. The molecule has 0 saturated carbocycles. The van der Waals surface area contributed by atoms with Gasteiger partial charge in [-0.15, -0.1) is 0 Å². The predicted octanol–water partition coefficient (Wildman–Crippen LogP) is 1.50. The van der Waals surface area contributed by atoms with Crippen molar-refractivity contribution < 1.29 is 8.42 Å². The Bertz CT molecular complexity index is 414. The first-order valence-electron chi connectivity index (χ1n) is 4.91. The Kier molecular flexibility index (Phi) is 4.52. The molecule has 0 bridgehead atoms. The maximum Gasteiger partial charge on any atom is 0.257 e. The van der Waals surface area contributed by atoms with E-state index in [2.05, 4.69) is 30.6 Å². The number of hydrogen-bond donors (Lipinski definition) is 2. The smallest absolute Gasteiger partial charge is 0.257 e. The molecule has 1 heterocycles. The van der Waals surface area contributed by atoms with Gasteiger partial charge in [-0.3, -0.25) is 0 Å². The number of nitrogens with zero attached hydrogens (tertiary/aromatic N) is 1. The molecule has 92 valence electrons. The van der Waals surface area contributed by atoms with Gasteiger partial charge < -0.3 is 4.98 Å². The van der Waals surface area contributed by atoms with E-state index in [1.165, 1.54) is 12.5 Å². The van der Waals surface area contributed by atoms with Crippen LogP contribution < -0.4 is 4.72 Å². The van der Waals surface area contributed by atoms with Crippen molar-refractivity contribution in [3.8, 4) is 0 Å². The molecular weight excluding hydrogens is 294 g/mol. The van der Waals surface area contributed by atoms with Gasteiger partial charge in [-0.2, -0.15) is 0 Å². The van der Waals surface area contributed by atoms with Crippen LogP contribution in [0.3, 0.4) is 0 Å². The quantitative estimate of drug-likeness (QED) is 0.782. The third kappa shape index (κ3) is 3.88. The first-order chi connectivity index (χ1) is 7.37. The summed E-state index contributed by atoms with van der Waals surface area (Å²) >= 11 is 3.35. The molecule has 16 heavy (non-hydrogen) atoms. The summed E-state index contributed by atoms with van der Waals surface area (Å²) in [4.78, 5) is 6.26. The molecule has 1 rings (SSSR count). The Balaban J connectivity index is 2.62. The number of alkyl halides is 1. The highest BCUT2D eigenvalue weighted by atomic mass is 79.9. The molecule has 0 radical (unpaired) electrons. The van der Waals surface area contributed by atoms with E-state index in [4.69, 9.17) is 0 Å². The Morgan fingerprint density at radius 2 is 2.25 bits per heavy atom. The van der Waals surface area contributed by atoms with Gasteiger partial charge in [0, 0.05) is 11.9 Å². The van der Waals surface area contributed by atoms with E-state index in [1.54, 1.807) is 0 Å². The van der Waals surface area contributed by atoms with Crippen molar-refractivity contribution in [1.29, 1.82) is 0 Å². The van der Waals surface area contributed by atoms with Crippen molar-refractivity contribution in [2.45, 2.75) is 25.3 Å². The number of imidazole rings is 1. The van der Waals surface area contributed by atoms with Crippen LogP contribution in [0.1, 0.15) is 20.3 Å². The Hall–Kier alpha value is -0.400. The minimum Gasteiger partial charge on any atom is -0.335 e. The fourth-order valence-electron chi connectivity index (χ4n) is 1.10. The highest BCUT2D eigenvalue weighted by Gasteiger charge is 2.22. The van der Waals surface area contributed by atoms with Gasteiger partial charge in [-0.1, -0.05) is 29.8 Å². The molecule has 2 N–H and O–H groups in total. The molecule has 0 aliphatic carbocycles. The lowest BCUT2D eigenvalue weighted by molar-refractivity contribution is 0.354. The third-order valence-corrected chi connectivity index (χ3v) is 4.00. The number of nitrogens with one attached hydrogen (secondary N) is 2. The summed E-state index contributed by atoms with van der Waals surface area (Å²) in [5, 5.41) is 0.952. The molecule has 1 aromatic rings. The van der Waals surface area contributed by atoms with Crippen LogP contribution in [0.5, 0.6) is 0 Å². The van der Waals surface area contributed by atoms with Gasteiger partial charge in [-0.25, -0.2) is 18.1 Å². The van der Waals surface area contributed by atoms with E-state index in [0.717, 1.165) is 11.8 Å². The van der Waals surface area contributed by atoms with Crippen LogP contribution >= 0.6 is 15.9 Å². The van der Waals surface area contributed by atoms with E-state index in [1.807, 2.05) is 13.8 Å². The van der Waals surface area contributed by atoms with Gasteiger partial charge in [0.2, 0.25) is 0 Å². The van der Waals surface area contributed by atoms with Crippen molar-refractivity contribution in [1.82, 2.24) is 14.7 Å². The van der Waals surface area contributed by atoms with Crippen LogP contribution in [0.2, 0.25) is 0 Å². The minimum absolute atomic E-state index is 0.0728. The normalized spacial score (nSPS) is 12.9. The number of aromatic amines is 1. The van der Waals surface area contributed by atoms with E-state index in [-0.39, 0.29) is 10.4 Å². The van der Waals surface area contributed by atoms with Crippen molar-refractivity contribution >= 4 is 26.0 Å². The zero-order valence-corrected chi connectivity index (χ0v) is 11.7. The first-order valence-corrected chi connectivity index (χ1v) is 7.52. The Morgan fingerprint density at radius 1 is 1.56 bits per heavy atom. The number of halogens is 1. The van der Waals surface area contributed by atoms with Gasteiger partial charge >= 0.3 is 0 Å². The van der Waals surface area contributed by atoms with Crippen LogP contribution in [0.15, 0.2) is 17.6 Å². The van der Waals surface area contributed by atoms with Crippen LogP contribution in [0.4, 0.5) is 0 Å². The molecular formula is C9H16BrN3O2S. The molecule has 0 unspecified atom stereocenters. The second-order valence-corrected chi connectivity index (χ2v) is 6.87. The molecule has 0 aliphatic rings. The summed E-state index contributed by atoms with van der Waals surface area (Å²) in [6.07, 6.45) is 3.54. The lowest BCUT2D eigenvalue weighted by atomic mass is 9.91. The maximum atomic E-state index is 11.8. The topological polar surface area (TPSA) is 74.8 Å². The van der Waals surface area contributed by atoms with E-state index >= 15 is 0 Å². The predicted molar refractivity (Wildman–Crippen MR) is 66.0 cm³/mol. The molecule has 0 saturated heterocycles. The molecule has 0 aromatic carbocycles. The lowest BCUT2D eigenvalue weighted by Gasteiger charge is -2.23. The fraction of sp³-hybridized carbons (Fsp3) is 0.667. The number of H-pyrrole nitrogens is 1. The van der Waals surface area contributed by atoms with E-state index < -0.39 is 10.0 Å². The zero-order chi connectivity index (χ0) is 12.2. The van der Waals surface area contributed by atoms with Gasteiger partial charge in [0.25, 0.3) is 10.0 Å². The molecule has 0 amide bonds. The summed E-state index contributed by atoms with van der Waals surface area (Å²) in [5.41, 5.74) is -0.0728. The molecule has 0 fully saturated rings. The van der Waals surface area contributed by atoms with Crippen LogP contribution in [0.25, 0.3) is 0 Å². The third-order valence-electron chi connectivity index (χ3n) is 2.27. The van der Waals surface area contributed by atoms with Crippen molar-refractivity contribution in [2.24, 2.45) is 5.41 Å². The first kappa shape index (κ1) is 13.7. The van der Waals surface area contributed by atoms with Crippen LogP contribution in [-0.2, 0) is 10.0 Å². The summed E-state index contributed by atoms with van der Waals surface area (Å²) in [6, 6.07) is 0. The van der Waals surface area contributed by atoms with Crippen molar-refractivity contribution in [2.75, 3.05) is 11.9 Å².